The van der Waals surface area contributed by atoms with Gasteiger partial charge in [-0.3, -0.25) is 4.79 Å². The van der Waals surface area contributed by atoms with Crippen LogP contribution in [-0.4, -0.2) is 19.6 Å². The number of amides is 1. The lowest BCUT2D eigenvalue weighted by Crippen LogP contribution is -2.10. The molecule has 2 rings (SSSR count). The molecule has 0 aliphatic rings. The fourth-order valence-electron chi connectivity index (χ4n) is 2.11. The van der Waals surface area contributed by atoms with Gasteiger partial charge >= 0.3 is 0 Å². The summed E-state index contributed by atoms with van der Waals surface area (Å²) in [5.41, 5.74) is 0.0569. The summed E-state index contributed by atoms with van der Waals surface area (Å²) in [5, 5.41) is 2.41. The molecule has 0 spiro atoms. The molecule has 138 valence electrons. The van der Waals surface area contributed by atoms with Crippen LogP contribution in [0.25, 0.3) is 6.08 Å². The Hall–Kier alpha value is -2.67. The van der Waals surface area contributed by atoms with Gasteiger partial charge in [0, 0.05) is 18.2 Å². The Morgan fingerprint density at radius 2 is 1.85 bits per heavy atom. The highest BCUT2D eigenvalue weighted by Gasteiger charge is 2.12. The van der Waals surface area contributed by atoms with Crippen molar-refractivity contribution in [1.29, 1.82) is 0 Å². The van der Waals surface area contributed by atoms with Crippen molar-refractivity contribution < 1.29 is 27.4 Å². The largest absolute Gasteiger partial charge is 0.491 e. The molecular formula is C18H15ClF3NO3. The smallest absolute Gasteiger partial charge is 0.248 e. The lowest BCUT2D eigenvalue weighted by molar-refractivity contribution is -0.111. The van der Waals surface area contributed by atoms with Crippen LogP contribution >= 0.6 is 11.6 Å². The number of nitrogens with one attached hydrogen (secondary N) is 1. The predicted octanol–water partition coefficient (Wildman–Crippen LogP) is 4.82. The first-order chi connectivity index (χ1) is 12.3. The maximum atomic E-state index is 13.5. The SMILES string of the molecule is CCOc1cc(C=CC(=O)Nc2cc(F)c(F)cc2F)cc(Cl)c1OC. The Balaban J connectivity index is 2.19. The summed E-state index contributed by atoms with van der Waals surface area (Å²) in [6.07, 6.45) is 2.50. The van der Waals surface area contributed by atoms with Crippen LogP contribution in [0.5, 0.6) is 11.5 Å². The maximum Gasteiger partial charge on any atom is 0.248 e. The number of anilines is 1. The van der Waals surface area contributed by atoms with Crippen LogP contribution in [0, 0.1) is 17.5 Å². The Labute approximate surface area is 153 Å². The minimum absolute atomic E-state index is 0.283. The van der Waals surface area contributed by atoms with E-state index in [4.69, 9.17) is 21.1 Å². The van der Waals surface area contributed by atoms with Crippen LogP contribution in [0.1, 0.15) is 12.5 Å². The van der Waals surface area contributed by atoms with E-state index in [-0.39, 0.29) is 5.02 Å². The molecule has 2 aromatic carbocycles. The molecule has 8 heteroatoms. The number of hydrogen-bond acceptors (Lipinski definition) is 3. The molecule has 0 fully saturated rings. The summed E-state index contributed by atoms with van der Waals surface area (Å²) in [6, 6.07) is 4.07. The fraction of sp³-hybridized carbons (Fsp3) is 0.167. The average molecular weight is 386 g/mol. The molecule has 0 aliphatic carbocycles. The highest BCUT2D eigenvalue weighted by atomic mass is 35.5. The molecule has 0 saturated heterocycles. The quantitative estimate of drug-likeness (QED) is 0.573. The van der Waals surface area contributed by atoms with Gasteiger partial charge in [0.1, 0.15) is 5.82 Å². The Morgan fingerprint density at radius 3 is 2.50 bits per heavy atom. The van der Waals surface area contributed by atoms with Crippen LogP contribution in [0.4, 0.5) is 18.9 Å². The summed E-state index contributed by atoms with van der Waals surface area (Å²) in [7, 11) is 1.45. The van der Waals surface area contributed by atoms with Crippen molar-refractivity contribution in [2.75, 3.05) is 19.0 Å². The Kier molecular flexibility index (Phi) is 6.52. The van der Waals surface area contributed by atoms with E-state index in [9.17, 15) is 18.0 Å². The molecule has 1 amide bonds. The lowest BCUT2D eigenvalue weighted by Gasteiger charge is -2.11. The summed E-state index contributed by atoms with van der Waals surface area (Å²) in [6.45, 7) is 2.18. The topological polar surface area (TPSA) is 47.6 Å². The number of benzene rings is 2. The molecule has 1 N–H and O–H groups in total. The van der Waals surface area contributed by atoms with E-state index in [0.29, 0.717) is 35.8 Å². The summed E-state index contributed by atoms with van der Waals surface area (Å²) in [4.78, 5) is 11.9. The van der Waals surface area contributed by atoms with E-state index in [1.54, 1.807) is 19.1 Å². The number of rotatable bonds is 6. The number of carbonyl (C=O) groups is 1. The monoisotopic (exact) mass is 385 g/mol. The molecule has 0 aromatic heterocycles. The van der Waals surface area contributed by atoms with E-state index in [1.807, 2.05) is 0 Å². The van der Waals surface area contributed by atoms with Gasteiger partial charge < -0.3 is 14.8 Å². The van der Waals surface area contributed by atoms with Gasteiger partial charge in [-0.1, -0.05) is 11.6 Å². The van der Waals surface area contributed by atoms with Crippen molar-refractivity contribution in [2.24, 2.45) is 0 Å². The van der Waals surface area contributed by atoms with Crippen molar-refractivity contribution >= 4 is 29.3 Å². The van der Waals surface area contributed by atoms with Crippen molar-refractivity contribution in [2.45, 2.75) is 6.92 Å². The first-order valence-corrected chi connectivity index (χ1v) is 7.87. The Bertz CT molecular complexity index is 856. The molecule has 0 radical (unpaired) electrons. The molecule has 0 bridgehead atoms. The van der Waals surface area contributed by atoms with Gasteiger partial charge in [-0.15, -0.1) is 0 Å². The van der Waals surface area contributed by atoms with Crippen molar-refractivity contribution in [1.82, 2.24) is 0 Å². The number of hydrogen-bond donors (Lipinski definition) is 1. The Morgan fingerprint density at radius 1 is 1.15 bits per heavy atom. The fourth-order valence-corrected chi connectivity index (χ4v) is 2.41. The highest BCUT2D eigenvalue weighted by Crippen LogP contribution is 2.36. The number of ether oxygens (including phenoxy) is 2. The van der Waals surface area contributed by atoms with Gasteiger partial charge in [0.25, 0.3) is 0 Å². The average Bonchev–Trinajstić information content (AvgIpc) is 2.58. The molecule has 0 unspecified atom stereocenters. The molecule has 26 heavy (non-hydrogen) atoms. The molecule has 0 heterocycles. The van der Waals surface area contributed by atoms with Crippen LogP contribution in [0.2, 0.25) is 5.02 Å². The molecule has 0 atom stereocenters. The minimum atomic E-state index is -1.34. The molecule has 4 nitrogen and oxygen atoms in total. The first-order valence-electron chi connectivity index (χ1n) is 7.49. The normalized spacial score (nSPS) is 10.8. The third-order valence-corrected chi connectivity index (χ3v) is 3.51. The zero-order valence-corrected chi connectivity index (χ0v) is 14.7. The van der Waals surface area contributed by atoms with Gasteiger partial charge in [0.05, 0.1) is 24.4 Å². The van der Waals surface area contributed by atoms with Gasteiger partial charge in [-0.25, -0.2) is 13.2 Å². The van der Waals surface area contributed by atoms with Gasteiger partial charge in [-0.05, 0) is 30.7 Å². The maximum absolute atomic E-state index is 13.5. The standard InChI is InChI=1S/C18H15ClF3NO3/c1-3-26-16-7-10(6-11(19)18(16)25-2)4-5-17(24)23-15-9-13(21)12(20)8-14(15)22/h4-9H,3H2,1-2H3,(H,23,24). The second-order valence-electron chi connectivity index (χ2n) is 5.04. The van der Waals surface area contributed by atoms with Gasteiger partial charge in [0.2, 0.25) is 5.91 Å². The summed E-state index contributed by atoms with van der Waals surface area (Å²) < 4.78 is 50.1. The molecule has 0 aliphatic heterocycles. The van der Waals surface area contributed by atoms with E-state index in [1.165, 1.54) is 13.2 Å². The van der Waals surface area contributed by atoms with E-state index in [0.717, 1.165) is 6.08 Å². The third-order valence-electron chi connectivity index (χ3n) is 3.23. The van der Waals surface area contributed by atoms with Crippen LogP contribution in [0.3, 0.4) is 0 Å². The third kappa shape index (κ3) is 4.70. The molecule has 0 saturated carbocycles. The zero-order chi connectivity index (χ0) is 19.3. The zero-order valence-electron chi connectivity index (χ0n) is 13.9. The summed E-state index contributed by atoms with van der Waals surface area (Å²) >= 11 is 6.10. The second-order valence-corrected chi connectivity index (χ2v) is 5.44. The second kappa shape index (κ2) is 8.62. The van der Waals surface area contributed by atoms with Crippen LogP contribution in [0.15, 0.2) is 30.3 Å². The van der Waals surface area contributed by atoms with Crippen molar-refractivity contribution in [3.63, 3.8) is 0 Å². The van der Waals surface area contributed by atoms with Gasteiger partial charge in [-0.2, -0.15) is 0 Å². The lowest BCUT2D eigenvalue weighted by atomic mass is 10.2. The predicted molar refractivity (Wildman–Crippen MR) is 93.2 cm³/mol. The number of carbonyl (C=O) groups excluding carboxylic acids is 1. The van der Waals surface area contributed by atoms with Crippen LogP contribution < -0.4 is 14.8 Å². The van der Waals surface area contributed by atoms with E-state index >= 15 is 0 Å². The van der Waals surface area contributed by atoms with Crippen LogP contribution in [-0.2, 0) is 4.79 Å². The number of methoxy groups -OCH3 is 1. The van der Waals surface area contributed by atoms with Crippen molar-refractivity contribution in [3.8, 4) is 11.5 Å². The van der Waals surface area contributed by atoms with Crippen molar-refractivity contribution in [3.05, 3.63) is 58.4 Å². The minimum Gasteiger partial charge on any atom is -0.491 e. The molecule has 2 aromatic rings. The summed E-state index contributed by atoms with van der Waals surface area (Å²) in [5.74, 6) is -3.67. The first kappa shape index (κ1) is 19.7. The van der Waals surface area contributed by atoms with E-state index < -0.39 is 29.0 Å². The number of halogens is 4. The highest BCUT2D eigenvalue weighted by molar-refractivity contribution is 6.32. The van der Waals surface area contributed by atoms with Gasteiger partial charge in [0.15, 0.2) is 23.1 Å². The molecular weight excluding hydrogens is 371 g/mol. The van der Waals surface area contributed by atoms with E-state index in [2.05, 4.69) is 5.32 Å².